The Balaban J connectivity index is 1.47. The molecule has 0 spiro atoms. The summed E-state index contributed by atoms with van der Waals surface area (Å²) >= 11 is 8.85. The molecule has 27 heavy (non-hydrogen) atoms. The summed E-state index contributed by atoms with van der Waals surface area (Å²) in [6, 6.07) is 7.63. The molecule has 138 valence electrons. The number of aromatic nitrogens is 2. The van der Waals surface area contributed by atoms with Crippen molar-refractivity contribution in [2.45, 2.75) is 19.4 Å². The number of carbonyl (C=O) groups is 2. The van der Waals surface area contributed by atoms with Crippen molar-refractivity contribution < 1.29 is 14.3 Å². The fourth-order valence-corrected chi connectivity index (χ4v) is 4.47. The highest BCUT2D eigenvalue weighted by molar-refractivity contribution is 7.17. The Labute approximate surface area is 168 Å². The SMILES string of the molecule is CC(=O)c1ccc(-c2cc(Cl)c3c(c2)CC(CNC(=O)c2cnsn2)O3)s1. The molecule has 0 aliphatic carbocycles. The number of benzene rings is 1. The number of ether oxygens (including phenoxy) is 1. The summed E-state index contributed by atoms with van der Waals surface area (Å²) in [6.45, 7) is 1.91. The standard InChI is InChI=1S/C18H14ClN3O3S2/c1-9(23)15-2-3-16(26-15)10-4-11-5-12(25-17(11)13(19)6-10)7-20-18(24)14-8-21-27-22-14/h2-4,6,8,12H,5,7H2,1H3,(H,20,24). The van der Waals surface area contributed by atoms with Crippen LogP contribution >= 0.6 is 34.7 Å². The van der Waals surface area contributed by atoms with Gasteiger partial charge in [0.1, 0.15) is 11.9 Å². The first kappa shape index (κ1) is 18.1. The third-order valence-electron chi connectivity index (χ3n) is 4.17. The van der Waals surface area contributed by atoms with Gasteiger partial charge in [0.05, 0.1) is 34.4 Å². The molecular formula is C18H14ClN3O3S2. The molecule has 0 saturated carbocycles. The molecule has 1 aliphatic rings. The first-order valence-electron chi connectivity index (χ1n) is 8.17. The maximum atomic E-state index is 12.0. The van der Waals surface area contributed by atoms with E-state index >= 15 is 0 Å². The highest BCUT2D eigenvalue weighted by atomic mass is 35.5. The zero-order valence-corrected chi connectivity index (χ0v) is 16.6. The third kappa shape index (κ3) is 3.73. The summed E-state index contributed by atoms with van der Waals surface area (Å²) in [5.74, 6) is 0.428. The van der Waals surface area contributed by atoms with Gasteiger partial charge in [-0.1, -0.05) is 11.6 Å². The highest BCUT2D eigenvalue weighted by Gasteiger charge is 2.27. The minimum Gasteiger partial charge on any atom is -0.486 e. The predicted octanol–water partition coefficient (Wildman–Crippen LogP) is 3.86. The summed E-state index contributed by atoms with van der Waals surface area (Å²) in [5.41, 5.74) is 2.25. The van der Waals surface area contributed by atoms with Crippen molar-refractivity contribution in [1.29, 1.82) is 0 Å². The molecule has 0 fully saturated rings. The van der Waals surface area contributed by atoms with Crippen LogP contribution in [0.5, 0.6) is 5.75 Å². The van der Waals surface area contributed by atoms with E-state index in [1.807, 2.05) is 24.3 Å². The lowest BCUT2D eigenvalue weighted by Crippen LogP contribution is -2.34. The van der Waals surface area contributed by atoms with Crippen molar-refractivity contribution in [1.82, 2.24) is 14.1 Å². The normalized spacial score (nSPS) is 15.3. The summed E-state index contributed by atoms with van der Waals surface area (Å²) in [6.07, 6.45) is 1.88. The van der Waals surface area contributed by atoms with Crippen LogP contribution in [0.4, 0.5) is 0 Å². The van der Waals surface area contributed by atoms with Crippen LogP contribution in [0, 0.1) is 0 Å². The van der Waals surface area contributed by atoms with Crippen LogP contribution in [-0.2, 0) is 6.42 Å². The van der Waals surface area contributed by atoms with E-state index in [1.165, 1.54) is 17.5 Å². The quantitative estimate of drug-likeness (QED) is 0.635. The maximum absolute atomic E-state index is 12.0. The Morgan fingerprint density at radius 3 is 2.93 bits per heavy atom. The lowest BCUT2D eigenvalue weighted by molar-refractivity contribution is 0.0929. The Hall–Kier alpha value is -2.29. The number of halogens is 1. The minimum atomic E-state index is -0.273. The van der Waals surface area contributed by atoms with E-state index < -0.39 is 0 Å². The van der Waals surface area contributed by atoms with E-state index in [2.05, 4.69) is 14.1 Å². The van der Waals surface area contributed by atoms with Gasteiger partial charge in [-0.25, -0.2) is 0 Å². The summed E-state index contributed by atoms with van der Waals surface area (Å²) in [4.78, 5) is 25.2. The second kappa shape index (κ2) is 7.38. The summed E-state index contributed by atoms with van der Waals surface area (Å²) < 4.78 is 13.6. The molecule has 1 amide bonds. The number of nitrogens with one attached hydrogen (secondary N) is 1. The van der Waals surface area contributed by atoms with Crippen LogP contribution in [-0.4, -0.2) is 33.1 Å². The molecule has 1 unspecified atom stereocenters. The molecule has 9 heteroatoms. The zero-order valence-electron chi connectivity index (χ0n) is 14.2. The number of carbonyl (C=O) groups excluding carboxylic acids is 2. The lowest BCUT2D eigenvalue weighted by Gasteiger charge is -2.11. The van der Waals surface area contributed by atoms with Crippen molar-refractivity contribution in [3.63, 3.8) is 0 Å². The highest BCUT2D eigenvalue weighted by Crippen LogP contribution is 2.41. The average molecular weight is 420 g/mol. The van der Waals surface area contributed by atoms with Crippen LogP contribution in [0.15, 0.2) is 30.5 Å². The number of nitrogens with zero attached hydrogens (tertiary/aromatic N) is 2. The molecule has 4 rings (SSSR count). The fraction of sp³-hybridized carbons (Fsp3) is 0.222. The van der Waals surface area contributed by atoms with E-state index in [0.29, 0.717) is 29.4 Å². The molecule has 0 saturated heterocycles. The molecule has 1 atom stereocenters. The number of thiophene rings is 1. The average Bonchev–Trinajstić information content (AvgIpc) is 3.39. The van der Waals surface area contributed by atoms with Crippen molar-refractivity contribution in [2.75, 3.05) is 6.54 Å². The maximum Gasteiger partial charge on any atom is 0.272 e. The van der Waals surface area contributed by atoms with Crippen LogP contribution in [0.2, 0.25) is 5.02 Å². The number of amides is 1. The molecule has 1 N–H and O–H groups in total. The molecule has 1 aromatic carbocycles. The van der Waals surface area contributed by atoms with Crippen molar-refractivity contribution >= 4 is 46.4 Å². The molecule has 2 aromatic heterocycles. The van der Waals surface area contributed by atoms with E-state index in [4.69, 9.17) is 16.3 Å². The van der Waals surface area contributed by atoms with Crippen molar-refractivity contribution in [2.24, 2.45) is 0 Å². The molecule has 0 bridgehead atoms. The van der Waals surface area contributed by atoms with Crippen molar-refractivity contribution in [3.05, 3.63) is 51.6 Å². The van der Waals surface area contributed by atoms with Gasteiger partial charge >= 0.3 is 0 Å². The predicted molar refractivity (Wildman–Crippen MR) is 105 cm³/mol. The molecule has 3 aromatic rings. The molecular weight excluding hydrogens is 406 g/mol. The van der Waals surface area contributed by atoms with Crippen LogP contribution in [0.3, 0.4) is 0 Å². The molecule has 0 radical (unpaired) electrons. The topological polar surface area (TPSA) is 81.2 Å². The Bertz CT molecular complexity index is 1020. The fourth-order valence-electron chi connectivity index (χ4n) is 2.89. The zero-order chi connectivity index (χ0) is 19.0. The number of rotatable bonds is 5. The number of fused-ring (bicyclic) bond motifs is 1. The Morgan fingerprint density at radius 1 is 1.37 bits per heavy atom. The number of hydrogen-bond acceptors (Lipinski definition) is 7. The van der Waals surface area contributed by atoms with Gasteiger partial charge in [-0.3, -0.25) is 9.59 Å². The number of Topliss-reactive ketones (excluding diaryl/α,β-unsaturated/α-hetero) is 1. The second-order valence-electron chi connectivity index (χ2n) is 6.11. The van der Waals surface area contributed by atoms with E-state index in [-0.39, 0.29) is 17.8 Å². The molecule has 1 aliphatic heterocycles. The van der Waals surface area contributed by atoms with E-state index in [1.54, 1.807) is 6.92 Å². The van der Waals surface area contributed by atoms with E-state index in [0.717, 1.165) is 32.6 Å². The Morgan fingerprint density at radius 2 is 2.22 bits per heavy atom. The lowest BCUT2D eigenvalue weighted by atomic mass is 10.1. The largest absolute Gasteiger partial charge is 0.486 e. The minimum absolute atomic E-state index is 0.0490. The van der Waals surface area contributed by atoms with Gasteiger partial charge < -0.3 is 10.1 Å². The first-order valence-corrected chi connectivity index (χ1v) is 10.1. The van der Waals surface area contributed by atoms with Crippen LogP contribution in [0.25, 0.3) is 10.4 Å². The van der Waals surface area contributed by atoms with Gasteiger partial charge in [0.15, 0.2) is 11.5 Å². The Kier molecular flexibility index (Phi) is 4.94. The van der Waals surface area contributed by atoms with Crippen LogP contribution in [0.1, 0.15) is 32.6 Å². The van der Waals surface area contributed by atoms with Crippen molar-refractivity contribution in [3.8, 4) is 16.2 Å². The van der Waals surface area contributed by atoms with Gasteiger partial charge in [0, 0.05) is 16.9 Å². The smallest absolute Gasteiger partial charge is 0.272 e. The third-order valence-corrected chi connectivity index (χ3v) is 6.17. The van der Waals surface area contributed by atoms with Gasteiger partial charge in [0.25, 0.3) is 5.91 Å². The van der Waals surface area contributed by atoms with Crippen LogP contribution < -0.4 is 10.1 Å². The number of ketones is 1. The molecule has 6 nitrogen and oxygen atoms in total. The summed E-state index contributed by atoms with van der Waals surface area (Å²) in [7, 11) is 0. The van der Waals surface area contributed by atoms with Gasteiger partial charge in [-0.15, -0.1) is 11.3 Å². The van der Waals surface area contributed by atoms with E-state index in [9.17, 15) is 9.59 Å². The summed E-state index contributed by atoms with van der Waals surface area (Å²) in [5, 5.41) is 3.33. The van der Waals surface area contributed by atoms with Gasteiger partial charge in [-0.05, 0) is 36.8 Å². The second-order valence-corrected chi connectivity index (χ2v) is 8.16. The van der Waals surface area contributed by atoms with Gasteiger partial charge in [0.2, 0.25) is 0 Å². The van der Waals surface area contributed by atoms with Gasteiger partial charge in [-0.2, -0.15) is 8.75 Å². The number of hydrogen-bond donors (Lipinski definition) is 1. The first-order chi connectivity index (χ1) is 13.0. The molecule has 3 heterocycles. The monoisotopic (exact) mass is 419 g/mol.